The zero-order valence-electron chi connectivity index (χ0n) is 13.3. The van der Waals surface area contributed by atoms with Crippen molar-refractivity contribution in [2.45, 2.75) is 66.3 Å². The van der Waals surface area contributed by atoms with E-state index in [1.165, 1.54) is 13.0 Å². The lowest BCUT2D eigenvalue weighted by Gasteiger charge is -2.24. The Kier molecular flexibility index (Phi) is 7.94. The van der Waals surface area contributed by atoms with E-state index < -0.39 is 11.7 Å². The lowest BCUT2D eigenvalue weighted by Crippen LogP contribution is -2.26. The highest BCUT2D eigenvalue weighted by Crippen LogP contribution is 2.35. The number of hydrogen-bond donors (Lipinski definition) is 0. The molecule has 0 amide bonds. The second-order valence-corrected chi connectivity index (χ2v) is 4.14. The summed E-state index contributed by atoms with van der Waals surface area (Å²) in [5.41, 5.74) is 0.543. The normalized spacial score (nSPS) is 17.4. The number of rotatable bonds is 1. The van der Waals surface area contributed by atoms with Crippen molar-refractivity contribution in [3.8, 4) is 0 Å². The van der Waals surface area contributed by atoms with Crippen molar-refractivity contribution in [1.82, 2.24) is 4.57 Å². The average molecular weight is 293 g/mol. The van der Waals surface area contributed by atoms with E-state index in [1.54, 1.807) is 11.7 Å². The van der Waals surface area contributed by atoms with Crippen LogP contribution in [0.3, 0.4) is 0 Å². The minimum atomic E-state index is -4.25. The second-order valence-electron chi connectivity index (χ2n) is 4.14. The predicted octanol–water partition coefficient (Wildman–Crippen LogP) is 4.83. The molecule has 5 heteroatoms. The van der Waals surface area contributed by atoms with E-state index in [0.717, 1.165) is 12.1 Å². The Morgan fingerprint density at radius 2 is 1.75 bits per heavy atom. The Morgan fingerprint density at radius 1 is 1.20 bits per heavy atom. The standard InChI is InChI=1S/C11H14F3NO.2C2H6/c1-7-10(11(12,13)14)5-8-3-4-9(16-2)6-15(7)8;2*1-2/h5,9H,3-4,6H2,1-2H3;2*1-2H3. The molecule has 1 aromatic heterocycles. The van der Waals surface area contributed by atoms with Crippen LogP contribution in [0.15, 0.2) is 6.07 Å². The van der Waals surface area contributed by atoms with Crippen LogP contribution in [0.25, 0.3) is 0 Å². The summed E-state index contributed by atoms with van der Waals surface area (Å²) in [7, 11) is 1.60. The second kappa shape index (κ2) is 8.35. The van der Waals surface area contributed by atoms with E-state index in [1.807, 2.05) is 27.7 Å². The molecule has 1 aliphatic rings. The number of aromatic nitrogens is 1. The average Bonchev–Trinajstić information content (AvgIpc) is 2.80. The Labute approximate surface area is 119 Å². The first-order valence-corrected chi connectivity index (χ1v) is 7.22. The van der Waals surface area contributed by atoms with E-state index in [2.05, 4.69) is 0 Å². The van der Waals surface area contributed by atoms with Crippen molar-refractivity contribution in [3.63, 3.8) is 0 Å². The first-order valence-electron chi connectivity index (χ1n) is 7.22. The molecule has 2 nitrogen and oxygen atoms in total. The number of aryl methyl sites for hydroxylation is 1. The molecule has 118 valence electrons. The summed E-state index contributed by atoms with van der Waals surface area (Å²) in [5.74, 6) is 0. The van der Waals surface area contributed by atoms with Gasteiger partial charge in [-0.25, -0.2) is 0 Å². The molecule has 1 aliphatic heterocycles. The van der Waals surface area contributed by atoms with Crippen LogP contribution in [0.4, 0.5) is 13.2 Å². The van der Waals surface area contributed by atoms with Crippen molar-refractivity contribution >= 4 is 0 Å². The number of nitrogens with zero attached hydrogens (tertiary/aromatic N) is 1. The minimum Gasteiger partial charge on any atom is -0.380 e. The van der Waals surface area contributed by atoms with Gasteiger partial charge < -0.3 is 9.30 Å². The van der Waals surface area contributed by atoms with Gasteiger partial charge in [0.25, 0.3) is 0 Å². The van der Waals surface area contributed by atoms with Gasteiger partial charge in [0.1, 0.15) is 0 Å². The molecule has 0 saturated heterocycles. The van der Waals surface area contributed by atoms with Crippen molar-refractivity contribution in [2.24, 2.45) is 0 Å². The topological polar surface area (TPSA) is 14.2 Å². The van der Waals surface area contributed by atoms with Gasteiger partial charge >= 0.3 is 6.18 Å². The maximum atomic E-state index is 12.7. The molecular formula is C15H26F3NO. The highest BCUT2D eigenvalue weighted by Gasteiger charge is 2.36. The molecule has 1 unspecified atom stereocenters. The molecule has 2 heterocycles. The van der Waals surface area contributed by atoms with Gasteiger partial charge in [-0.3, -0.25) is 0 Å². The molecule has 0 fully saturated rings. The summed E-state index contributed by atoms with van der Waals surface area (Å²) in [6, 6.07) is 1.27. The molecule has 0 spiro atoms. The Bertz CT molecular complexity index is 397. The van der Waals surface area contributed by atoms with Crippen LogP contribution in [-0.2, 0) is 23.9 Å². The molecule has 0 bridgehead atoms. The lowest BCUT2D eigenvalue weighted by molar-refractivity contribution is -0.138. The van der Waals surface area contributed by atoms with Gasteiger partial charge in [0.15, 0.2) is 0 Å². The number of methoxy groups -OCH3 is 1. The van der Waals surface area contributed by atoms with Gasteiger partial charge in [-0.05, 0) is 25.8 Å². The quantitative estimate of drug-likeness (QED) is 0.723. The number of ether oxygens (including phenoxy) is 1. The van der Waals surface area contributed by atoms with Crippen molar-refractivity contribution < 1.29 is 17.9 Å². The SMILES string of the molecule is CC.CC.COC1CCc2cc(C(F)(F)F)c(C)n2C1. The lowest BCUT2D eigenvalue weighted by atomic mass is 10.1. The number of fused-ring (bicyclic) bond motifs is 1. The first-order chi connectivity index (χ1) is 9.43. The highest BCUT2D eigenvalue weighted by molar-refractivity contribution is 5.31. The summed E-state index contributed by atoms with van der Waals surface area (Å²) in [6.07, 6.45) is -2.79. The minimum absolute atomic E-state index is 0.0275. The summed E-state index contributed by atoms with van der Waals surface area (Å²) < 4.78 is 44.9. The van der Waals surface area contributed by atoms with E-state index in [9.17, 15) is 13.2 Å². The maximum Gasteiger partial charge on any atom is 0.418 e. The van der Waals surface area contributed by atoms with E-state index in [4.69, 9.17) is 4.74 Å². The van der Waals surface area contributed by atoms with Crippen LogP contribution in [0.2, 0.25) is 0 Å². The zero-order valence-corrected chi connectivity index (χ0v) is 13.3. The highest BCUT2D eigenvalue weighted by atomic mass is 19.4. The van der Waals surface area contributed by atoms with E-state index in [0.29, 0.717) is 18.7 Å². The van der Waals surface area contributed by atoms with Gasteiger partial charge in [-0.2, -0.15) is 13.2 Å². The predicted molar refractivity (Wildman–Crippen MR) is 76.0 cm³/mol. The van der Waals surface area contributed by atoms with Crippen molar-refractivity contribution in [2.75, 3.05) is 7.11 Å². The summed E-state index contributed by atoms with van der Waals surface area (Å²) in [6.45, 7) is 10.0. The first kappa shape index (κ1) is 19.0. The van der Waals surface area contributed by atoms with Gasteiger partial charge in [0, 0.05) is 25.0 Å². The fraction of sp³-hybridized carbons (Fsp3) is 0.733. The fourth-order valence-electron chi connectivity index (χ4n) is 2.25. The molecule has 0 aromatic carbocycles. The van der Waals surface area contributed by atoms with Gasteiger partial charge in [0.2, 0.25) is 0 Å². The number of alkyl halides is 3. The van der Waals surface area contributed by atoms with Gasteiger partial charge in [0.05, 0.1) is 11.7 Å². The smallest absolute Gasteiger partial charge is 0.380 e. The largest absolute Gasteiger partial charge is 0.418 e. The third kappa shape index (κ3) is 4.27. The summed E-state index contributed by atoms with van der Waals surface area (Å²) in [4.78, 5) is 0. The van der Waals surface area contributed by atoms with Crippen LogP contribution < -0.4 is 0 Å². The molecule has 1 aromatic rings. The maximum absolute atomic E-state index is 12.7. The third-order valence-corrected chi connectivity index (χ3v) is 3.20. The van der Waals surface area contributed by atoms with Gasteiger partial charge in [-0.15, -0.1) is 0 Å². The van der Waals surface area contributed by atoms with Crippen molar-refractivity contribution in [1.29, 1.82) is 0 Å². The molecule has 0 saturated carbocycles. The molecule has 0 radical (unpaired) electrons. The van der Waals surface area contributed by atoms with Gasteiger partial charge in [-0.1, -0.05) is 27.7 Å². The van der Waals surface area contributed by atoms with Crippen LogP contribution in [0.5, 0.6) is 0 Å². The summed E-state index contributed by atoms with van der Waals surface area (Å²) >= 11 is 0. The molecule has 2 rings (SSSR count). The van der Waals surface area contributed by atoms with Crippen LogP contribution in [0.1, 0.15) is 51.1 Å². The number of hydrogen-bond acceptors (Lipinski definition) is 1. The zero-order chi connectivity index (χ0) is 15.9. The Balaban J connectivity index is 0.000000829. The van der Waals surface area contributed by atoms with Crippen LogP contribution in [-0.4, -0.2) is 17.8 Å². The molecular weight excluding hydrogens is 267 g/mol. The van der Waals surface area contributed by atoms with Crippen LogP contribution >= 0.6 is 0 Å². The molecule has 0 aliphatic carbocycles. The Hall–Kier alpha value is -0.970. The molecule has 1 atom stereocenters. The monoisotopic (exact) mass is 293 g/mol. The number of halogens is 3. The van der Waals surface area contributed by atoms with Crippen molar-refractivity contribution in [3.05, 3.63) is 23.0 Å². The molecule has 20 heavy (non-hydrogen) atoms. The van der Waals surface area contributed by atoms with E-state index >= 15 is 0 Å². The van der Waals surface area contributed by atoms with Crippen LogP contribution in [0, 0.1) is 6.92 Å². The Morgan fingerprint density at radius 3 is 2.20 bits per heavy atom. The van der Waals surface area contributed by atoms with E-state index in [-0.39, 0.29) is 6.10 Å². The molecule has 0 N–H and O–H groups in total. The third-order valence-electron chi connectivity index (χ3n) is 3.20. The fourth-order valence-corrected chi connectivity index (χ4v) is 2.25. The summed E-state index contributed by atoms with van der Waals surface area (Å²) in [5, 5.41) is 0.